The topological polar surface area (TPSA) is 73.7 Å². The van der Waals surface area contributed by atoms with Crippen LogP contribution in [0.25, 0.3) is 21.3 Å². The molecule has 178 valence electrons. The van der Waals surface area contributed by atoms with Crippen LogP contribution in [-0.4, -0.2) is 40.1 Å². The molecule has 0 spiro atoms. The molecule has 0 bridgehead atoms. The van der Waals surface area contributed by atoms with E-state index in [-0.39, 0.29) is 24.1 Å². The summed E-state index contributed by atoms with van der Waals surface area (Å²) in [5, 5.41) is 2.54. The van der Waals surface area contributed by atoms with Crippen LogP contribution in [-0.2, 0) is 11.3 Å². The minimum absolute atomic E-state index is 0.0357. The number of hydrogen-bond donors (Lipinski definition) is 0. The number of carbonyl (C=O) groups is 1. The SMILES string of the molecule is Cc1ccc(-c2csc3ncn(CC(=O)N4CCC[C@@H]4c4ccc5c(c4)OCCO5)c(=O)c23)cc1. The van der Waals surface area contributed by atoms with E-state index in [9.17, 15) is 9.59 Å². The molecule has 4 heterocycles. The van der Waals surface area contributed by atoms with E-state index in [1.807, 2.05) is 59.7 Å². The van der Waals surface area contributed by atoms with Crippen LogP contribution < -0.4 is 15.0 Å². The van der Waals surface area contributed by atoms with Crippen molar-refractivity contribution in [1.29, 1.82) is 0 Å². The van der Waals surface area contributed by atoms with E-state index in [4.69, 9.17) is 9.47 Å². The van der Waals surface area contributed by atoms with Gasteiger partial charge in [-0.1, -0.05) is 35.9 Å². The van der Waals surface area contributed by atoms with Gasteiger partial charge in [0, 0.05) is 17.5 Å². The van der Waals surface area contributed by atoms with Crippen molar-refractivity contribution in [3.63, 3.8) is 0 Å². The van der Waals surface area contributed by atoms with Crippen molar-refractivity contribution in [1.82, 2.24) is 14.5 Å². The van der Waals surface area contributed by atoms with Crippen LogP contribution in [0.2, 0.25) is 0 Å². The van der Waals surface area contributed by atoms with Crippen molar-refractivity contribution in [2.75, 3.05) is 19.8 Å². The number of amides is 1. The van der Waals surface area contributed by atoms with Gasteiger partial charge in [0.1, 0.15) is 24.6 Å². The summed E-state index contributed by atoms with van der Waals surface area (Å²) in [5.74, 6) is 1.37. The Kier molecular flexibility index (Phi) is 5.53. The fraction of sp³-hybridized carbons (Fsp3) is 0.296. The highest BCUT2D eigenvalue weighted by Gasteiger charge is 2.31. The highest BCUT2D eigenvalue weighted by molar-refractivity contribution is 7.17. The maximum Gasteiger partial charge on any atom is 0.263 e. The highest BCUT2D eigenvalue weighted by Crippen LogP contribution is 2.38. The molecule has 0 saturated carbocycles. The highest BCUT2D eigenvalue weighted by atomic mass is 32.1. The zero-order valence-corrected chi connectivity index (χ0v) is 20.2. The lowest BCUT2D eigenvalue weighted by Gasteiger charge is -2.27. The van der Waals surface area contributed by atoms with E-state index in [1.54, 1.807) is 0 Å². The number of ether oxygens (including phenoxy) is 2. The Balaban J connectivity index is 1.28. The molecule has 1 atom stereocenters. The molecule has 6 rings (SSSR count). The Morgan fingerprint density at radius 1 is 1.11 bits per heavy atom. The molecule has 0 unspecified atom stereocenters. The van der Waals surface area contributed by atoms with Gasteiger partial charge in [-0.05, 0) is 43.0 Å². The number of nitrogens with zero attached hydrogens (tertiary/aromatic N) is 3. The number of thiophene rings is 1. The molecule has 1 amide bonds. The third-order valence-corrected chi connectivity index (χ3v) is 7.64. The van der Waals surface area contributed by atoms with Crippen LogP contribution in [0.3, 0.4) is 0 Å². The summed E-state index contributed by atoms with van der Waals surface area (Å²) in [6.45, 7) is 3.73. The molecule has 2 aliphatic heterocycles. The first kappa shape index (κ1) is 21.9. The molecular formula is C27H25N3O4S. The van der Waals surface area contributed by atoms with Crippen LogP contribution in [0, 0.1) is 6.92 Å². The number of aryl methyl sites for hydroxylation is 1. The van der Waals surface area contributed by atoms with Gasteiger partial charge >= 0.3 is 0 Å². The largest absolute Gasteiger partial charge is 0.486 e. The first-order chi connectivity index (χ1) is 17.1. The van der Waals surface area contributed by atoms with Gasteiger partial charge in [-0.3, -0.25) is 14.2 Å². The van der Waals surface area contributed by atoms with Gasteiger partial charge in [-0.25, -0.2) is 4.98 Å². The Hall–Kier alpha value is -3.65. The molecule has 8 heteroatoms. The molecule has 1 fully saturated rings. The lowest BCUT2D eigenvalue weighted by atomic mass is 10.0. The number of aromatic nitrogens is 2. The summed E-state index contributed by atoms with van der Waals surface area (Å²) >= 11 is 1.45. The molecular weight excluding hydrogens is 462 g/mol. The zero-order chi connectivity index (χ0) is 23.9. The third-order valence-electron chi connectivity index (χ3n) is 6.75. The van der Waals surface area contributed by atoms with Crippen LogP contribution in [0.4, 0.5) is 0 Å². The molecule has 2 aromatic heterocycles. The zero-order valence-electron chi connectivity index (χ0n) is 19.4. The van der Waals surface area contributed by atoms with E-state index < -0.39 is 0 Å². The second kappa shape index (κ2) is 8.85. The Morgan fingerprint density at radius 2 is 1.91 bits per heavy atom. The van der Waals surface area contributed by atoms with Crippen molar-refractivity contribution in [3.8, 4) is 22.6 Å². The Labute approximate surface area is 206 Å². The normalized spacial score (nSPS) is 17.2. The molecule has 0 aliphatic carbocycles. The first-order valence-corrected chi connectivity index (χ1v) is 12.7. The Bertz CT molecular complexity index is 1470. The smallest absolute Gasteiger partial charge is 0.263 e. The van der Waals surface area contributed by atoms with Crippen molar-refractivity contribution < 1.29 is 14.3 Å². The minimum Gasteiger partial charge on any atom is -0.486 e. The van der Waals surface area contributed by atoms with Gasteiger partial charge in [0.05, 0.1) is 17.8 Å². The molecule has 2 aromatic carbocycles. The molecule has 0 radical (unpaired) electrons. The molecule has 1 saturated heterocycles. The molecule has 7 nitrogen and oxygen atoms in total. The van der Waals surface area contributed by atoms with Crippen molar-refractivity contribution in [2.45, 2.75) is 32.4 Å². The average molecular weight is 488 g/mol. The number of benzene rings is 2. The van der Waals surface area contributed by atoms with Gasteiger partial charge in [0.2, 0.25) is 5.91 Å². The van der Waals surface area contributed by atoms with Crippen molar-refractivity contribution >= 4 is 27.5 Å². The van der Waals surface area contributed by atoms with Crippen LogP contribution >= 0.6 is 11.3 Å². The monoisotopic (exact) mass is 487 g/mol. The molecule has 2 aliphatic rings. The van der Waals surface area contributed by atoms with E-state index in [0.717, 1.165) is 46.6 Å². The first-order valence-electron chi connectivity index (χ1n) is 11.8. The quantitative estimate of drug-likeness (QED) is 0.422. The van der Waals surface area contributed by atoms with Crippen molar-refractivity contribution in [3.05, 3.63) is 75.7 Å². The number of hydrogen-bond acceptors (Lipinski definition) is 6. The number of rotatable bonds is 4. The lowest BCUT2D eigenvalue weighted by molar-refractivity contribution is -0.132. The molecule has 0 N–H and O–H groups in total. The van der Waals surface area contributed by atoms with Crippen LogP contribution in [0.1, 0.15) is 30.0 Å². The van der Waals surface area contributed by atoms with Gasteiger partial charge in [0.15, 0.2) is 11.5 Å². The van der Waals surface area contributed by atoms with Crippen molar-refractivity contribution in [2.24, 2.45) is 0 Å². The molecule has 35 heavy (non-hydrogen) atoms. The number of carbonyl (C=O) groups excluding carboxylic acids is 1. The van der Waals surface area contributed by atoms with Gasteiger partial charge in [-0.15, -0.1) is 11.3 Å². The molecule has 4 aromatic rings. The maximum absolute atomic E-state index is 13.4. The van der Waals surface area contributed by atoms with E-state index in [1.165, 1.54) is 22.2 Å². The van der Waals surface area contributed by atoms with E-state index in [0.29, 0.717) is 30.0 Å². The average Bonchev–Trinajstić information content (AvgIpc) is 3.54. The third kappa shape index (κ3) is 3.97. The second-order valence-corrected chi connectivity index (χ2v) is 9.88. The number of likely N-dealkylation sites (tertiary alicyclic amines) is 1. The van der Waals surface area contributed by atoms with E-state index >= 15 is 0 Å². The summed E-state index contributed by atoms with van der Waals surface area (Å²) in [6, 6.07) is 13.9. The predicted octanol–water partition coefficient (Wildman–Crippen LogP) is 4.57. The van der Waals surface area contributed by atoms with Crippen LogP contribution in [0.5, 0.6) is 11.5 Å². The Morgan fingerprint density at radius 3 is 2.74 bits per heavy atom. The summed E-state index contributed by atoms with van der Waals surface area (Å²) < 4.78 is 12.8. The summed E-state index contributed by atoms with van der Waals surface area (Å²) in [6.07, 6.45) is 3.28. The second-order valence-electron chi connectivity index (χ2n) is 9.02. The fourth-order valence-electron chi connectivity index (χ4n) is 4.94. The maximum atomic E-state index is 13.4. The predicted molar refractivity (Wildman–Crippen MR) is 135 cm³/mol. The summed E-state index contributed by atoms with van der Waals surface area (Å²) in [7, 11) is 0. The van der Waals surface area contributed by atoms with Gasteiger partial charge in [0.25, 0.3) is 5.56 Å². The fourth-order valence-corrected chi connectivity index (χ4v) is 5.85. The number of fused-ring (bicyclic) bond motifs is 2. The van der Waals surface area contributed by atoms with E-state index in [2.05, 4.69) is 4.98 Å². The van der Waals surface area contributed by atoms with Crippen LogP contribution in [0.15, 0.2) is 59.0 Å². The standard InChI is InChI=1S/C27H25N3O4S/c1-17-4-6-18(7-5-17)20-15-35-26-25(20)27(32)29(16-28-26)14-24(31)30-10-2-3-21(30)19-8-9-22-23(13-19)34-12-11-33-22/h4-9,13,15-16,21H,2-3,10-12,14H2,1H3/t21-/m1/s1. The summed E-state index contributed by atoms with van der Waals surface area (Å²) in [5.41, 5.74) is 3.84. The summed E-state index contributed by atoms with van der Waals surface area (Å²) in [4.78, 5) is 33.9. The van der Waals surface area contributed by atoms with Gasteiger partial charge in [-0.2, -0.15) is 0 Å². The lowest BCUT2D eigenvalue weighted by Crippen LogP contribution is -2.36. The minimum atomic E-state index is -0.185. The van der Waals surface area contributed by atoms with Gasteiger partial charge < -0.3 is 14.4 Å².